The van der Waals surface area contributed by atoms with Gasteiger partial charge in [0.2, 0.25) is 5.91 Å². The van der Waals surface area contributed by atoms with Crippen LogP contribution in [0.2, 0.25) is 0 Å². The Hall–Kier alpha value is -0.870. The number of hydrogen-bond acceptors (Lipinski definition) is 3. The molecular formula is C9H11NO3. The SMILES string of the molecule is CN1C(=O)[C@H]2C3C=CC(O3)C2C1O. The number of likely N-dealkylation sites (tertiary alicyclic amines) is 1. The van der Waals surface area contributed by atoms with Crippen LogP contribution in [0.1, 0.15) is 0 Å². The summed E-state index contributed by atoms with van der Waals surface area (Å²) < 4.78 is 5.51. The highest BCUT2D eigenvalue weighted by Gasteiger charge is 2.59. The van der Waals surface area contributed by atoms with Crippen molar-refractivity contribution in [3.8, 4) is 0 Å². The average Bonchev–Trinajstić information content (AvgIpc) is 2.76. The van der Waals surface area contributed by atoms with Crippen molar-refractivity contribution in [2.24, 2.45) is 11.8 Å². The van der Waals surface area contributed by atoms with Crippen LogP contribution in [-0.4, -0.2) is 41.4 Å². The molecule has 2 fully saturated rings. The van der Waals surface area contributed by atoms with Gasteiger partial charge in [-0.15, -0.1) is 0 Å². The lowest BCUT2D eigenvalue weighted by Gasteiger charge is -2.20. The van der Waals surface area contributed by atoms with Crippen LogP contribution in [-0.2, 0) is 9.53 Å². The predicted molar refractivity (Wildman–Crippen MR) is 43.6 cm³/mol. The summed E-state index contributed by atoms with van der Waals surface area (Å²) in [6.07, 6.45) is 3.05. The third-order valence-electron chi connectivity index (χ3n) is 3.33. The van der Waals surface area contributed by atoms with Gasteiger partial charge in [-0.05, 0) is 0 Å². The first kappa shape index (κ1) is 7.53. The van der Waals surface area contributed by atoms with E-state index in [1.54, 1.807) is 7.05 Å². The van der Waals surface area contributed by atoms with Gasteiger partial charge < -0.3 is 14.7 Å². The highest BCUT2D eigenvalue weighted by atomic mass is 16.5. The van der Waals surface area contributed by atoms with Gasteiger partial charge in [0.25, 0.3) is 0 Å². The summed E-state index contributed by atoms with van der Waals surface area (Å²) in [5.74, 6) is -0.183. The van der Waals surface area contributed by atoms with E-state index in [-0.39, 0.29) is 30.0 Å². The lowest BCUT2D eigenvalue weighted by atomic mass is 9.85. The molecule has 70 valence electrons. The summed E-state index contributed by atoms with van der Waals surface area (Å²) in [5, 5.41) is 9.75. The largest absolute Gasteiger partial charge is 0.373 e. The molecule has 0 saturated carbocycles. The van der Waals surface area contributed by atoms with E-state index in [1.165, 1.54) is 4.90 Å². The second kappa shape index (κ2) is 2.13. The lowest BCUT2D eigenvalue weighted by Crippen LogP contribution is -2.34. The summed E-state index contributed by atoms with van der Waals surface area (Å²) >= 11 is 0. The van der Waals surface area contributed by atoms with Crippen molar-refractivity contribution in [3.05, 3.63) is 12.2 Å². The zero-order valence-electron chi connectivity index (χ0n) is 7.25. The number of hydrogen-bond donors (Lipinski definition) is 1. The average molecular weight is 181 g/mol. The van der Waals surface area contributed by atoms with E-state index >= 15 is 0 Å². The first-order valence-electron chi connectivity index (χ1n) is 4.48. The fourth-order valence-corrected chi connectivity index (χ4v) is 2.62. The molecule has 2 bridgehead atoms. The summed E-state index contributed by atoms with van der Waals surface area (Å²) in [6.45, 7) is 0. The maximum atomic E-state index is 11.6. The Labute approximate surface area is 75.8 Å². The minimum absolute atomic E-state index is 0.00866. The molecular weight excluding hydrogens is 170 g/mol. The Kier molecular flexibility index (Phi) is 1.24. The number of carbonyl (C=O) groups is 1. The van der Waals surface area contributed by atoms with Gasteiger partial charge in [0.05, 0.1) is 18.1 Å². The molecule has 1 N–H and O–H groups in total. The van der Waals surface area contributed by atoms with Crippen LogP contribution >= 0.6 is 0 Å². The number of nitrogens with zero attached hydrogens (tertiary/aromatic N) is 1. The van der Waals surface area contributed by atoms with E-state index in [0.717, 1.165) is 0 Å². The fourth-order valence-electron chi connectivity index (χ4n) is 2.62. The fraction of sp³-hybridized carbons (Fsp3) is 0.667. The molecule has 1 amide bonds. The van der Waals surface area contributed by atoms with E-state index in [2.05, 4.69) is 0 Å². The van der Waals surface area contributed by atoms with Gasteiger partial charge in [0.15, 0.2) is 0 Å². The summed E-state index contributed by atoms with van der Waals surface area (Å²) in [4.78, 5) is 13.1. The van der Waals surface area contributed by atoms with Crippen LogP contribution in [0.5, 0.6) is 0 Å². The quantitative estimate of drug-likeness (QED) is 0.505. The Morgan fingerprint density at radius 1 is 1.46 bits per heavy atom. The van der Waals surface area contributed by atoms with Gasteiger partial charge in [-0.2, -0.15) is 0 Å². The number of fused-ring (bicyclic) bond motifs is 5. The molecule has 0 aromatic rings. The van der Waals surface area contributed by atoms with Crippen molar-refractivity contribution in [1.29, 1.82) is 0 Å². The third kappa shape index (κ3) is 0.711. The standard InChI is InChI=1S/C9H11NO3/c1-10-8(11)6-4-2-3-5(13-4)7(6)9(10)12/h2-8,11H,1H3/t4?,5?,6?,7-,8?/m0/s1. The van der Waals surface area contributed by atoms with Crippen molar-refractivity contribution in [2.45, 2.75) is 18.4 Å². The van der Waals surface area contributed by atoms with E-state index in [0.29, 0.717) is 0 Å². The van der Waals surface area contributed by atoms with Crippen molar-refractivity contribution in [3.63, 3.8) is 0 Å². The minimum atomic E-state index is -0.669. The smallest absolute Gasteiger partial charge is 0.230 e. The zero-order valence-corrected chi connectivity index (χ0v) is 7.25. The second-order valence-corrected chi connectivity index (χ2v) is 3.92. The maximum absolute atomic E-state index is 11.6. The van der Waals surface area contributed by atoms with Crippen molar-refractivity contribution in [2.75, 3.05) is 7.05 Å². The monoisotopic (exact) mass is 181 g/mol. The summed E-state index contributed by atoms with van der Waals surface area (Å²) in [6, 6.07) is 0. The summed E-state index contributed by atoms with van der Waals surface area (Å²) in [5.41, 5.74) is 0. The third-order valence-corrected chi connectivity index (χ3v) is 3.33. The van der Waals surface area contributed by atoms with Gasteiger partial charge in [-0.1, -0.05) is 12.2 Å². The number of amides is 1. The molecule has 3 rings (SSSR count). The topological polar surface area (TPSA) is 49.8 Å². The Balaban J connectivity index is 2.03. The van der Waals surface area contributed by atoms with Crippen LogP contribution in [0.15, 0.2) is 12.2 Å². The lowest BCUT2D eigenvalue weighted by molar-refractivity contribution is -0.136. The number of rotatable bonds is 0. The van der Waals surface area contributed by atoms with Crippen LogP contribution in [0, 0.1) is 11.8 Å². The molecule has 0 aromatic heterocycles. The molecule has 0 aliphatic carbocycles. The Morgan fingerprint density at radius 2 is 2.15 bits per heavy atom. The van der Waals surface area contributed by atoms with E-state index in [9.17, 15) is 9.90 Å². The van der Waals surface area contributed by atoms with Crippen LogP contribution < -0.4 is 0 Å². The van der Waals surface area contributed by atoms with Crippen LogP contribution in [0.3, 0.4) is 0 Å². The molecule has 5 atom stereocenters. The summed E-state index contributed by atoms with van der Waals surface area (Å²) in [7, 11) is 1.64. The van der Waals surface area contributed by atoms with Gasteiger partial charge in [-0.3, -0.25) is 4.79 Å². The van der Waals surface area contributed by atoms with Gasteiger partial charge >= 0.3 is 0 Å². The first-order valence-corrected chi connectivity index (χ1v) is 4.48. The second-order valence-electron chi connectivity index (χ2n) is 3.92. The normalized spacial score (nSPS) is 52.0. The van der Waals surface area contributed by atoms with E-state index < -0.39 is 6.23 Å². The number of aliphatic hydroxyl groups is 1. The van der Waals surface area contributed by atoms with Gasteiger partial charge in [0.1, 0.15) is 6.23 Å². The minimum Gasteiger partial charge on any atom is -0.373 e. The van der Waals surface area contributed by atoms with Crippen molar-refractivity contribution < 1.29 is 14.6 Å². The highest BCUT2D eigenvalue weighted by Crippen LogP contribution is 2.46. The van der Waals surface area contributed by atoms with Crippen molar-refractivity contribution >= 4 is 5.91 Å². The molecule has 0 spiro atoms. The molecule has 0 aromatic carbocycles. The predicted octanol–water partition coefficient (Wildman–Crippen LogP) is -0.654. The molecule has 4 heteroatoms. The van der Waals surface area contributed by atoms with E-state index in [4.69, 9.17) is 4.74 Å². The zero-order chi connectivity index (χ0) is 9.16. The molecule has 3 heterocycles. The molecule has 0 radical (unpaired) electrons. The number of ether oxygens (including phenoxy) is 1. The van der Waals surface area contributed by atoms with E-state index in [1.807, 2.05) is 12.2 Å². The van der Waals surface area contributed by atoms with Crippen molar-refractivity contribution in [1.82, 2.24) is 4.90 Å². The molecule has 2 saturated heterocycles. The van der Waals surface area contributed by atoms with Crippen LogP contribution in [0.4, 0.5) is 0 Å². The number of carbonyl (C=O) groups excluding carboxylic acids is 1. The maximum Gasteiger partial charge on any atom is 0.230 e. The van der Waals surface area contributed by atoms with Gasteiger partial charge in [-0.25, -0.2) is 0 Å². The highest BCUT2D eigenvalue weighted by molar-refractivity contribution is 5.83. The first-order chi connectivity index (χ1) is 6.20. The molecule has 3 aliphatic heterocycles. The van der Waals surface area contributed by atoms with Gasteiger partial charge in [0, 0.05) is 13.0 Å². The molecule has 4 unspecified atom stereocenters. The Morgan fingerprint density at radius 3 is 2.85 bits per heavy atom. The molecule has 4 nitrogen and oxygen atoms in total. The molecule has 13 heavy (non-hydrogen) atoms. The Bertz CT molecular complexity index is 301. The molecule has 3 aliphatic rings. The van der Waals surface area contributed by atoms with Crippen LogP contribution in [0.25, 0.3) is 0 Å². The number of aliphatic hydroxyl groups excluding tert-OH is 1.